The van der Waals surface area contributed by atoms with Crippen molar-refractivity contribution in [1.29, 1.82) is 0 Å². The van der Waals surface area contributed by atoms with E-state index < -0.39 is 0 Å². The van der Waals surface area contributed by atoms with Crippen molar-refractivity contribution < 1.29 is 9.47 Å². The van der Waals surface area contributed by atoms with Gasteiger partial charge in [0.05, 0.1) is 13.7 Å². The second-order valence-corrected chi connectivity index (χ2v) is 5.44. The molecular weight excluding hydrogens is 240 g/mol. The molecule has 1 saturated heterocycles. The number of hydrogen-bond donors (Lipinski definition) is 1. The van der Waals surface area contributed by atoms with Crippen LogP contribution in [0.4, 0.5) is 0 Å². The number of piperidine rings is 1. The highest BCUT2D eigenvalue weighted by atomic mass is 16.5. The normalized spacial score (nSPS) is 19.1. The second kappa shape index (κ2) is 6.26. The lowest BCUT2D eigenvalue weighted by Gasteiger charge is -2.37. The summed E-state index contributed by atoms with van der Waals surface area (Å²) in [4.78, 5) is 2.33. The summed E-state index contributed by atoms with van der Waals surface area (Å²) in [5, 5.41) is 0. The number of rotatable bonds is 5. The summed E-state index contributed by atoms with van der Waals surface area (Å²) in [6.45, 7) is 2.84. The van der Waals surface area contributed by atoms with E-state index in [2.05, 4.69) is 11.9 Å². The van der Waals surface area contributed by atoms with E-state index in [0.29, 0.717) is 6.61 Å². The Labute approximate surface area is 115 Å². The van der Waals surface area contributed by atoms with E-state index in [1.54, 1.807) is 7.11 Å². The molecule has 1 aromatic carbocycles. The molecule has 0 atom stereocenters. The van der Waals surface area contributed by atoms with E-state index >= 15 is 0 Å². The first-order chi connectivity index (χ1) is 9.11. The summed E-state index contributed by atoms with van der Waals surface area (Å²) in [6.07, 6.45) is 3.01. The van der Waals surface area contributed by atoms with Crippen molar-refractivity contribution >= 4 is 0 Å². The van der Waals surface area contributed by atoms with E-state index in [1.807, 2.05) is 24.3 Å². The minimum absolute atomic E-state index is 0.0566. The van der Waals surface area contributed by atoms with Crippen LogP contribution in [0.3, 0.4) is 0 Å². The van der Waals surface area contributed by atoms with Crippen LogP contribution in [-0.2, 0) is 0 Å². The molecular formula is C15H24N2O2. The number of benzene rings is 1. The zero-order chi connectivity index (χ0) is 13.7. The van der Waals surface area contributed by atoms with Gasteiger partial charge in [-0.05, 0) is 63.7 Å². The molecule has 0 saturated carbocycles. The van der Waals surface area contributed by atoms with Gasteiger partial charge in [0.25, 0.3) is 0 Å². The van der Waals surface area contributed by atoms with Crippen LogP contribution in [0.1, 0.15) is 19.3 Å². The molecule has 1 aliphatic rings. The number of hydrogen-bond acceptors (Lipinski definition) is 4. The molecule has 2 N–H and O–H groups in total. The van der Waals surface area contributed by atoms with E-state index in [0.717, 1.165) is 43.9 Å². The highest BCUT2D eigenvalue weighted by molar-refractivity contribution is 5.31. The molecule has 0 bridgehead atoms. The quantitative estimate of drug-likeness (QED) is 0.882. The Morgan fingerprint density at radius 2 is 1.74 bits per heavy atom. The van der Waals surface area contributed by atoms with E-state index in [-0.39, 0.29) is 5.54 Å². The lowest BCUT2D eigenvalue weighted by Crippen LogP contribution is -2.50. The monoisotopic (exact) mass is 264 g/mol. The van der Waals surface area contributed by atoms with E-state index in [9.17, 15) is 0 Å². The average Bonchev–Trinajstić information content (AvgIpc) is 2.43. The molecule has 0 spiro atoms. The first-order valence-corrected chi connectivity index (χ1v) is 6.86. The number of likely N-dealkylation sites (tertiary alicyclic amines) is 1. The summed E-state index contributed by atoms with van der Waals surface area (Å²) in [5.74, 6) is 1.72. The van der Waals surface area contributed by atoms with E-state index in [4.69, 9.17) is 15.2 Å². The fourth-order valence-electron chi connectivity index (χ4n) is 2.36. The standard InChI is InChI=1S/C15H24N2O2/c1-17-10-7-15(16,8-11-17)9-12-19-14-5-3-13(18-2)4-6-14/h3-6H,7-12,16H2,1-2H3. The number of methoxy groups -OCH3 is 1. The van der Waals surface area contributed by atoms with E-state index in [1.165, 1.54) is 0 Å². The number of nitrogens with zero attached hydrogens (tertiary/aromatic N) is 1. The Morgan fingerprint density at radius 1 is 1.16 bits per heavy atom. The summed E-state index contributed by atoms with van der Waals surface area (Å²) in [5.41, 5.74) is 6.35. The van der Waals surface area contributed by atoms with Gasteiger partial charge in [-0.2, -0.15) is 0 Å². The molecule has 2 rings (SSSR count). The summed E-state index contributed by atoms with van der Waals surface area (Å²) in [6, 6.07) is 7.67. The maximum absolute atomic E-state index is 6.40. The summed E-state index contributed by atoms with van der Waals surface area (Å²) >= 11 is 0. The van der Waals surface area contributed by atoms with Gasteiger partial charge < -0.3 is 20.1 Å². The molecule has 1 fully saturated rings. The smallest absolute Gasteiger partial charge is 0.119 e. The fourth-order valence-corrected chi connectivity index (χ4v) is 2.36. The average molecular weight is 264 g/mol. The van der Waals surface area contributed by atoms with Crippen LogP contribution >= 0.6 is 0 Å². The Balaban J connectivity index is 1.76. The Kier molecular flexibility index (Phi) is 4.66. The van der Waals surface area contributed by atoms with Crippen LogP contribution < -0.4 is 15.2 Å². The summed E-state index contributed by atoms with van der Waals surface area (Å²) in [7, 11) is 3.81. The predicted molar refractivity (Wildman–Crippen MR) is 76.8 cm³/mol. The predicted octanol–water partition coefficient (Wildman–Crippen LogP) is 1.89. The highest BCUT2D eigenvalue weighted by Crippen LogP contribution is 2.23. The fraction of sp³-hybridized carbons (Fsp3) is 0.600. The van der Waals surface area contributed by atoms with Crippen molar-refractivity contribution in [3.8, 4) is 11.5 Å². The molecule has 106 valence electrons. The minimum atomic E-state index is -0.0566. The highest BCUT2D eigenvalue weighted by Gasteiger charge is 2.29. The SMILES string of the molecule is COc1ccc(OCCC2(N)CCN(C)CC2)cc1. The van der Waals surface area contributed by atoms with Crippen LogP contribution in [-0.4, -0.2) is 44.3 Å². The maximum atomic E-state index is 6.40. The second-order valence-electron chi connectivity index (χ2n) is 5.44. The van der Waals surface area contributed by atoms with Gasteiger partial charge in [0.15, 0.2) is 0 Å². The molecule has 4 nitrogen and oxygen atoms in total. The van der Waals surface area contributed by atoms with Crippen LogP contribution in [0, 0.1) is 0 Å². The van der Waals surface area contributed by atoms with Crippen molar-refractivity contribution in [2.45, 2.75) is 24.8 Å². The van der Waals surface area contributed by atoms with Crippen molar-refractivity contribution in [2.24, 2.45) is 5.73 Å². The van der Waals surface area contributed by atoms with Crippen molar-refractivity contribution in [1.82, 2.24) is 4.90 Å². The van der Waals surface area contributed by atoms with Gasteiger partial charge in [-0.3, -0.25) is 0 Å². The lowest BCUT2D eigenvalue weighted by molar-refractivity contribution is 0.159. The molecule has 0 unspecified atom stereocenters. The van der Waals surface area contributed by atoms with Gasteiger partial charge in [0, 0.05) is 5.54 Å². The molecule has 0 amide bonds. The van der Waals surface area contributed by atoms with Gasteiger partial charge in [-0.15, -0.1) is 0 Å². The minimum Gasteiger partial charge on any atom is -0.497 e. The molecule has 0 radical (unpaired) electrons. The molecule has 4 heteroatoms. The van der Waals surface area contributed by atoms with Crippen LogP contribution in [0.5, 0.6) is 11.5 Å². The molecule has 1 aromatic rings. The number of ether oxygens (including phenoxy) is 2. The van der Waals surface area contributed by atoms with Gasteiger partial charge >= 0.3 is 0 Å². The molecule has 1 heterocycles. The third-order valence-corrected chi connectivity index (χ3v) is 3.91. The third-order valence-electron chi connectivity index (χ3n) is 3.91. The van der Waals surface area contributed by atoms with Gasteiger partial charge in [0.1, 0.15) is 11.5 Å². The Hall–Kier alpha value is -1.26. The molecule has 0 aliphatic carbocycles. The van der Waals surface area contributed by atoms with Gasteiger partial charge in [-0.1, -0.05) is 0 Å². The van der Waals surface area contributed by atoms with Gasteiger partial charge in [-0.25, -0.2) is 0 Å². The van der Waals surface area contributed by atoms with Crippen molar-refractivity contribution in [3.63, 3.8) is 0 Å². The first-order valence-electron chi connectivity index (χ1n) is 6.86. The van der Waals surface area contributed by atoms with Crippen LogP contribution in [0.15, 0.2) is 24.3 Å². The molecule has 0 aromatic heterocycles. The zero-order valence-electron chi connectivity index (χ0n) is 11.9. The first kappa shape index (κ1) is 14.2. The van der Waals surface area contributed by atoms with Crippen molar-refractivity contribution in [2.75, 3.05) is 33.9 Å². The van der Waals surface area contributed by atoms with Crippen molar-refractivity contribution in [3.05, 3.63) is 24.3 Å². The summed E-state index contributed by atoms with van der Waals surface area (Å²) < 4.78 is 10.9. The largest absolute Gasteiger partial charge is 0.497 e. The lowest BCUT2D eigenvalue weighted by atomic mass is 9.86. The van der Waals surface area contributed by atoms with Gasteiger partial charge in [0.2, 0.25) is 0 Å². The Bertz CT molecular complexity index is 384. The Morgan fingerprint density at radius 3 is 2.32 bits per heavy atom. The zero-order valence-corrected chi connectivity index (χ0v) is 11.9. The molecule has 1 aliphatic heterocycles. The topological polar surface area (TPSA) is 47.7 Å². The molecule has 19 heavy (non-hydrogen) atoms. The van der Waals surface area contributed by atoms with Crippen LogP contribution in [0.25, 0.3) is 0 Å². The van der Waals surface area contributed by atoms with Crippen LogP contribution in [0.2, 0.25) is 0 Å². The maximum Gasteiger partial charge on any atom is 0.119 e. The number of nitrogens with two attached hydrogens (primary N) is 1. The third kappa shape index (κ3) is 4.11.